The molecule has 3 aromatic rings. The van der Waals surface area contributed by atoms with Crippen molar-refractivity contribution in [3.63, 3.8) is 0 Å². The van der Waals surface area contributed by atoms with E-state index >= 15 is 0 Å². The lowest BCUT2D eigenvalue weighted by Gasteiger charge is -2.15. The predicted octanol–water partition coefficient (Wildman–Crippen LogP) is 2.97. The zero-order valence-corrected chi connectivity index (χ0v) is 13.1. The summed E-state index contributed by atoms with van der Waals surface area (Å²) in [5.41, 5.74) is 2.30. The molecule has 5 heteroatoms. The molecular formula is C19H15N3O2. The smallest absolute Gasteiger partial charge is 0.299 e. The van der Waals surface area contributed by atoms with Gasteiger partial charge < -0.3 is 0 Å². The summed E-state index contributed by atoms with van der Waals surface area (Å²) in [7, 11) is 1.64. The van der Waals surface area contributed by atoms with Crippen LogP contribution in [0, 0.1) is 11.8 Å². The normalized spacial score (nSPS) is 9.71. The number of para-hydroxylation sites is 1. The van der Waals surface area contributed by atoms with Crippen molar-refractivity contribution in [3.05, 3.63) is 84.2 Å². The first-order chi connectivity index (χ1) is 11.7. The minimum Gasteiger partial charge on any atom is -0.299 e. The van der Waals surface area contributed by atoms with E-state index in [-0.39, 0.29) is 0 Å². The van der Waals surface area contributed by atoms with Gasteiger partial charge in [0.25, 0.3) is 0 Å². The van der Waals surface area contributed by atoms with Crippen molar-refractivity contribution < 1.29 is 9.63 Å². The topological polar surface area (TPSA) is 47.4 Å². The minimum absolute atomic E-state index is 0.535. The van der Waals surface area contributed by atoms with Gasteiger partial charge >= 0.3 is 6.09 Å². The Morgan fingerprint density at radius 1 is 1.00 bits per heavy atom. The van der Waals surface area contributed by atoms with Crippen LogP contribution in [0.25, 0.3) is 0 Å². The lowest BCUT2D eigenvalue weighted by Crippen LogP contribution is -2.34. The summed E-state index contributed by atoms with van der Waals surface area (Å²) in [6.07, 6.45) is 2.57. The number of hydrogen-bond acceptors (Lipinski definition) is 3. The molecule has 0 radical (unpaired) electrons. The number of benzene rings is 2. The SMILES string of the molecule is CN(C(=O)On1cc(C#Cc2ccccc2)cn1)c1ccccc1. The van der Waals surface area contributed by atoms with E-state index in [4.69, 9.17) is 4.84 Å². The Labute approximate surface area is 140 Å². The van der Waals surface area contributed by atoms with Gasteiger partial charge in [-0.2, -0.15) is 0 Å². The van der Waals surface area contributed by atoms with E-state index in [1.165, 1.54) is 4.90 Å². The van der Waals surface area contributed by atoms with Gasteiger partial charge in [-0.1, -0.05) is 53.1 Å². The molecule has 24 heavy (non-hydrogen) atoms. The van der Waals surface area contributed by atoms with Gasteiger partial charge in [-0.3, -0.25) is 9.74 Å². The summed E-state index contributed by atoms with van der Waals surface area (Å²) in [6.45, 7) is 0. The van der Waals surface area contributed by atoms with Crippen LogP contribution in [0.1, 0.15) is 11.1 Å². The summed E-state index contributed by atoms with van der Waals surface area (Å²) in [6, 6.07) is 18.9. The molecule has 0 unspecified atom stereocenters. The van der Waals surface area contributed by atoms with E-state index in [1.807, 2.05) is 60.7 Å². The summed E-state index contributed by atoms with van der Waals surface area (Å²) >= 11 is 0. The molecule has 0 saturated heterocycles. The standard InChI is InChI=1S/C19H15N3O2/c1-21(18-10-6-3-7-11-18)19(23)24-22-15-17(14-20-22)13-12-16-8-4-2-5-9-16/h2-11,14-15H,1H3. The fourth-order valence-electron chi connectivity index (χ4n) is 1.98. The van der Waals surface area contributed by atoms with Gasteiger partial charge in [0.15, 0.2) is 0 Å². The summed E-state index contributed by atoms with van der Waals surface area (Å²) < 4.78 is 0. The highest BCUT2D eigenvalue weighted by Gasteiger charge is 2.13. The third-order valence-corrected chi connectivity index (χ3v) is 3.27. The van der Waals surface area contributed by atoms with Crippen LogP contribution >= 0.6 is 0 Å². The number of nitrogens with zero attached hydrogens (tertiary/aromatic N) is 3. The van der Waals surface area contributed by atoms with Crippen LogP contribution in [0.5, 0.6) is 0 Å². The van der Waals surface area contributed by atoms with E-state index in [9.17, 15) is 4.79 Å². The fourth-order valence-corrected chi connectivity index (χ4v) is 1.98. The van der Waals surface area contributed by atoms with Gasteiger partial charge in [-0.05, 0) is 24.3 Å². The molecule has 118 valence electrons. The van der Waals surface area contributed by atoms with Crippen LogP contribution in [-0.2, 0) is 0 Å². The molecular weight excluding hydrogens is 302 g/mol. The second-order valence-electron chi connectivity index (χ2n) is 5.00. The molecule has 1 aromatic heterocycles. The molecule has 3 rings (SSSR count). The van der Waals surface area contributed by atoms with Crippen molar-refractivity contribution in [3.8, 4) is 11.8 Å². The minimum atomic E-state index is -0.535. The quantitative estimate of drug-likeness (QED) is 0.683. The van der Waals surface area contributed by atoms with Gasteiger partial charge in [-0.15, -0.1) is 5.10 Å². The molecule has 0 atom stereocenters. The van der Waals surface area contributed by atoms with Gasteiger partial charge in [0.05, 0.1) is 18.0 Å². The Morgan fingerprint density at radius 2 is 1.62 bits per heavy atom. The van der Waals surface area contributed by atoms with Gasteiger partial charge in [0.1, 0.15) is 0 Å². The Hall–Kier alpha value is -3.52. The number of carbonyl (C=O) groups is 1. The van der Waals surface area contributed by atoms with Crippen molar-refractivity contribution in [1.82, 2.24) is 9.94 Å². The highest BCUT2D eigenvalue weighted by Crippen LogP contribution is 2.11. The van der Waals surface area contributed by atoms with Gasteiger partial charge in [-0.25, -0.2) is 4.79 Å². The number of amides is 1. The summed E-state index contributed by atoms with van der Waals surface area (Å²) in [5.74, 6) is 6.00. The lowest BCUT2D eigenvalue weighted by atomic mass is 10.2. The molecule has 0 bridgehead atoms. The third-order valence-electron chi connectivity index (χ3n) is 3.27. The molecule has 1 amide bonds. The zero-order chi connectivity index (χ0) is 16.8. The predicted molar refractivity (Wildman–Crippen MR) is 91.5 cm³/mol. The average Bonchev–Trinajstić information content (AvgIpc) is 3.08. The van der Waals surface area contributed by atoms with Gasteiger partial charge in [0.2, 0.25) is 0 Å². The molecule has 0 spiro atoms. The summed E-state index contributed by atoms with van der Waals surface area (Å²) in [4.78, 5) is 19.8. The monoisotopic (exact) mass is 317 g/mol. The first-order valence-corrected chi connectivity index (χ1v) is 7.35. The maximum absolute atomic E-state index is 12.1. The van der Waals surface area contributed by atoms with Crippen molar-refractivity contribution >= 4 is 11.8 Å². The van der Waals surface area contributed by atoms with Crippen molar-refractivity contribution in [2.45, 2.75) is 0 Å². The zero-order valence-electron chi connectivity index (χ0n) is 13.1. The number of carbonyl (C=O) groups excluding carboxylic acids is 1. The van der Waals surface area contributed by atoms with Crippen LogP contribution in [-0.4, -0.2) is 23.1 Å². The molecule has 5 nitrogen and oxygen atoms in total. The van der Waals surface area contributed by atoms with Crippen LogP contribution < -0.4 is 9.74 Å². The highest BCUT2D eigenvalue weighted by molar-refractivity contribution is 5.87. The Kier molecular flexibility index (Phi) is 4.59. The number of hydrogen-bond donors (Lipinski definition) is 0. The van der Waals surface area contributed by atoms with E-state index in [0.29, 0.717) is 5.56 Å². The Morgan fingerprint density at radius 3 is 2.33 bits per heavy atom. The molecule has 0 fully saturated rings. The first-order valence-electron chi connectivity index (χ1n) is 7.35. The van der Waals surface area contributed by atoms with Crippen molar-refractivity contribution in [2.24, 2.45) is 0 Å². The summed E-state index contributed by atoms with van der Waals surface area (Å²) in [5, 5.41) is 3.99. The Bertz CT molecular complexity index is 877. The highest BCUT2D eigenvalue weighted by atomic mass is 16.7. The van der Waals surface area contributed by atoms with E-state index in [1.54, 1.807) is 19.4 Å². The largest absolute Gasteiger partial charge is 0.440 e. The number of aromatic nitrogens is 2. The number of anilines is 1. The number of rotatable bonds is 2. The molecule has 0 aliphatic rings. The maximum atomic E-state index is 12.1. The van der Waals surface area contributed by atoms with Crippen molar-refractivity contribution in [2.75, 3.05) is 11.9 Å². The fraction of sp³-hybridized carbons (Fsp3) is 0.0526. The molecule has 2 aromatic carbocycles. The Balaban J connectivity index is 1.66. The van der Waals surface area contributed by atoms with E-state index in [2.05, 4.69) is 16.9 Å². The molecule has 0 saturated carbocycles. The third kappa shape index (κ3) is 3.81. The van der Waals surface area contributed by atoms with Crippen LogP contribution in [0.15, 0.2) is 73.1 Å². The van der Waals surface area contributed by atoms with Crippen LogP contribution in [0.3, 0.4) is 0 Å². The average molecular weight is 317 g/mol. The second kappa shape index (κ2) is 7.16. The lowest BCUT2D eigenvalue weighted by molar-refractivity contribution is 0.124. The van der Waals surface area contributed by atoms with Crippen LogP contribution in [0.4, 0.5) is 10.5 Å². The first kappa shape index (κ1) is 15.4. The van der Waals surface area contributed by atoms with Crippen LogP contribution in [0.2, 0.25) is 0 Å². The van der Waals surface area contributed by atoms with Gasteiger partial charge in [0, 0.05) is 18.3 Å². The van der Waals surface area contributed by atoms with E-state index in [0.717, 1.165) is 16.1 Å². The molecule has 0 aliphatic carbocycles. The molecule has 0 N–H and O–H groups in total. The van der Waals surface area contributed by atoms with E-state index < -0.39 is 6.09 Å². The van der Waals surface area contributed by atoms with Crippen molar-refractivity contribution in [1.29, 1.82) is 0 Å². The maximum Gasteiger partial charge on any atom is 0.440 e. The second-order valence-corrected chi connectivity index (χ2v) is 5.00. The molecule has 0 aliphatic heterocycles. The molecule has 1 heterocycles.